The minimum absolute atomic E-state index is 0. The second kappa shape index (κ2) is 6.40. The Kier molecular flexibility index (Phi) is 5.39. The molecule has 1 heterocycles. The summed E-state index contributed by atoms with van der Waals surface area (Å²) in [7, 11) is 0. The summed E-state index contributed by atoms with van der Waals surface area (Å²) >= 11 is 0. The van der Waals surface area contributed by atoms with E-state index in [0.717, 1.165) is 31.5 Å². The van der Waals surface area contributed by atoms with Gasteiger partial charge in [0.15, 0.2) is 0 Å². The monoisotopic (exact) mass is 282 g/mol. The summed E-state index contributed by atoms with van der Waals surface area (Å²) in [5.41, 5.74) is 2.82. The van der Waals surface area contributed by atoms with Crippen LogP contribution < -0.4 is 10.6 Å². The first kappa shape index (κ1) is 16.0. The Balaban J connectivity index is 0.00000180. The Hall–Kier alpha value is -1.06. The van der Waals surface area contributed by atoms with E-state index >= 15 is 0 Å². The summed E-state index contributed by atoms with van der Waals surface area (Å²) in [5.74, 6) is 0.0761. The molecule has 1 aromatic carbocycles. The first-order valence-electron chi connectivity index (χ1n) is 6.64. The molecule has 1 amide bonds. The summed E-state index contributed by atoms with van der Waals surface area (Å²) in [6.45, 7) is 7.01. The van der Waals surface area contributed by atoms with E-state index in [2.05, 4.69) is 16.7 Å². The maximum atomic E-state index is 12.3. The number of carbonyl (C=O) groups is 1. The summed E-state index contributed by atoms with van der Waals surface area (Å²) < 4.78 is 0. The highest BCUT2D eigenvalue weighted by molar-refractivity contribution is 5.98. The molecule has 1 fully saturated rings. The lowest BCUT2D eigenvalue weighted by molar-refractivity contribution is -0.122. The van der Waals surface area contributed by atoms with Crippen molar-refractivity contribution >= 4 is 24.0 Å². The number of amides is 1. The molecule has 0 bridgehead atoms. The third-order valence-corrected chi connectivity index (χ3v) is 3.60. The zero-order valence-electron chi connectivity index (χ0n) is 11.9. The van der Waals surface area contributed by atoms with Crippen LogP contribution in [-0.4, -0.2) is 18.0 Å². The van der Waals surface area contributed by atoms with Crippen LogP contribution in [0.1, 0.15) is 37.3 Å². The molecule has 1 unspecified atom stereocenters. The molecule has 1 atom stereocenters. The van der Waals surface area contributed by atoms with Crippen LogP contribution in [0.3, 0.4) is 0 Å². The molecular formula is C15H23ClN2O. The van der Waals surface area contributed by atoms with Crippen molar-refractivity contribution in [3.05, 3.63) is 29.3 Å². The first-order chi connectivity index (χ1) is 8.49. The molecule has 4 heteroatoms. The van der Waals surface area contributed by atoms with Crippen LogP contribution in [0.25, 0.3) is 0 Å². The van der Waals surface area contributed by atoms with Gasteiger partial charge in [-0.2, -0.15) is 0 Å². The van der Waals surface area contributed by atoms with Crippen LogP contribution in [-0.2, 0) is 4.79 Å². The molecule has 19 heavy (non-hydrogen) atoms. The van der Waals surface area contributed by atoms with Gasteiger partial charge < -0.3 is 10.6 Å². The Morgan fingerprint density at radius 1 is 1.21 bits per heavy atom. The van der Waals surface area contributed by atoms with Crippen molar-refractivity contribution in [2.45, 2.75) is 45.6 Å². The van der Waals surface area contributed by atoms with Crippen LogP contribution in [0.15, 0.2) is 18.2 Å². The van der Waals surface area contributed by atoms with Gasteiger partial charge >= 0.3 is 0 Å². The minimum atomic E-state index is -0.421. The van der Waals surface area contributed by atoms with Crippen molar-refractivity contribution in [3.8, 4) is 0 Å². The van der Waals surface area contributed by atoms with Gasteiger partial charge in [0.1, 0.15) is 0 Å². The molecule has 1 aliphatic heterocycles. The zero-order valence-corrected chi connectivity index (χ0v) is 12.7. The average Bonchev–Trinajstić information content (AvgIpc) is 2.28. The molecule has 2 N–H and O–H groups in total. The fourth-order valence-electron chi connectivity index (χ4n) is 2.57. The van der Waals surface area contributed by atoms with E-state index in [1.54, 1.807) is 0 Å². The number of benzene rings is 1. The lowest BCUT2D eigenvalue weighted by Crippen LogP contribution is -2.54. The molecule has 0 radical (unpaired) electrons. The number of hydrogen-bond acceptors (Lipinski definition) is 2. The molecule has 1 saturated heterocycles. The van der Waals surface area contributed by atoms with Gasteiger partial charge in [-0.3, -0.25) is 4.79 Å². The van der Waals surface area contributed by atoms with E-state index in [9.17, 15) is 4.79 Å². The Morgan fingerprint density at radius 3 is 2.37 bits per heavy atom. The van der Waals surface area contributed by atoms with Gasteiger partial charge in [-0.25, -0.2) is 0 Å². The topological polar surface area (TPSA) is 41.1 Å². The number of anilines is 1. The van der Waals surface area contributed by atoms with Gasteiger partial charge in [0, 0.05) is 5.69 Å². The van der Waals surface area contributed by atoms with Gasteiger partial charge in [-0.05, 0) is 69.8 Å². The van der Waals surface area contributed by atoms with Crippen LogP contribution in [0.5, 0.6) is 0 Å². The number of aryl methyl sites for hydroxylation is 2. The molecule has 1 aromatic rings. The molecule has 0 aliphatic carbocycles. The van der Waals surface area contributed by atoms with E-state index in [4.69, 9.17) is 0 Å². The number of halogens is 1. The maximum absolute atomic E-state index is 12.3. The molecule has 1 aliphatic rings. The second-order valence-corrected chi connectivity index (χ2v) is 5.55. The predicted molar refractivity (Wildman–Crippen MR) is 82.1 cm³/mol. The van der Waals surface area contributed by atoms with Gasteiger partial charge in [0.05, 0.1) is 5.54 Å². The SMILES string of the molecule is Cc1cc(C)cc(NC(=O)C2(C)CCCCN2)c1.Cl. The Bertz CT molecular complexity index is 433. The fourth-order valence-corrected chi connectivity index (χ4v) is 2.57. The third-order valence-electron chi connectivity index (χ3n) is 3.60. The van der Waals surface area contributed by atoms with Crippen LogP contribution in [0.2, 0.25) is 0 Å². The van der Waals surface area contributed by atoms with Crippen molar-refractivity contribution < 1.29 is 4.79 Å². The normalized spacial score (nSPS) is 22.5. The summed E-state index contributed by atoms with van der Waals surface area (Å²) in [6.07, 6.45) is 3.18. The number of nitrogens with one attached hydrogen (secondary N) is 2. The van der Waals surface area contributed by atoms with Gasteiger partial charge in [0.2, 0.25) is 5.91 Å². The predicted octanol–water partition coefficient (Wildman–Crippen LogP) is 3.20. The summed E-state index contributed by atoms with van der Waals surface area (Å²) in [6, 6.07) is 6.13. The molecule has 2 rings (SSSR count). The van der Waals surface area contributed by atoms with Crippen molar-refractivity contribution in [1.82, 2.24) is 5.32 Å². The molecule has 0 aromatic heterocycles. The number of hydrogen-bond donors (Lipinski definition) is 2. The lowest BCUT2D eigenvalue weighted by Gasteiger charge is -2.33. The molecule has 106 valence electrons. The largest absolute Gasteiger partial charge is 0.324 e. The summed E-state index contributed by atoms with van der Waals surface area (Å²) in [4.78, 5) is 12.3. The van der Waals surface area contributed by atoms with Crippen LogP contribution in [0, 0.1) is 13.8 Å². The second-order valence-electron chi connectivity index (χ2n) is 5.55. The standard InChI is InChI=1S/C15H22N2O.ClH/c1-11-8-12(2)10-13(9-11)17-14(18)15(3)6-4-5-7-16-15;/h8-10,16H,4-7H2,1-3H3,(H,17,18);1H. The van der Waals surface area contributed by atoms with Crippen molar-refractivity contribution in [1.29, 1.82) is 0 Å². The zero-order chi connectivity index (χ0) is 13.2. The van der Waals surface area contributed by atoms with E-state index in [-0.39, 0.29) is 18.3 Å². The van der Waals surface area contributed by atoms with E-state index in [1.807, 2.05) is 32.9 Å². The van der Waals surface area contributed by atoms with E-state index in [0.29, 0.717) is 0 Å². The highest BCUT2D eigenvalue weighted by atomic mass is 35.5. The number of rotatable bonds is 2. The quantitative estimate of drug-likeness (QED) is 0.875. The lowest BCUT2D eigenvalue weighted by atomic mass is 9.90. The Labute approximate surface area is 121 Å². The van der Waals surface area contributed by atoms with E-state index in [1.165, 1.54) is 11.1 Å². The van der Waals surface area contributed by atoms with Crippen molar-refractivity contribution in [3.63, 3.8) is 0 Å². The highest BCUT2D eigenvalue weighted by Crippen LogP contribution is 2.22. The van der Waals surface area contributed by atoms with Gasteiger partial charge in [-0.1, -0.05) is 6.07 Å². The molecular weight excluding hydrogens is 260 g/mol. The van der Waals surface area contributed by atoms with Crippen molar-refractivity contribution in [2.75, 3.05) is 11.9 Å². The van der Waals surface area contributed by atoms with E-state index < -0.39 is 5.54 Å². The first-order valence-corrected chi connectivity index (χ1v) is 6.64. The summed E-state index contributed by atoms with van der Waals surface area (Å²) in [5, 5.41) is 6.37. The minimum Gasteiger partial charge on any atom is -0.324 e. The van der Waals surface area contributed by atoms with Gasteiger partial charge in [-0.15, -0.1) is 12.4 Å². The molecule has 3 nitrogen and oxygen atoms in total. The molecule has 0 spiro atoms. The Morgan fingerprint density at radius 2 is 1.84 bits per heavy atom. The maximum Gasteiger partial charge on any atom is 0.244 e. The van der Waals surface area contributed by atoms with Crippen molar-refractivity contribution in [2.24, 2.45) is 0 Å². The number of carbonyl (C=O) groups excluding carboxylic acids is 1. The van der Waals surface area contributed by atoms with Gasteiger partial charge in [0.25, 0.3) is 0 Å². The third kappa shape index (κ3) is 3.95. The fraction of sp³-hybridized carbons (Fsp3) is 0.533. The molecule has 0 saturated carbocycles. The van der Waals surface area contributed by atoms with Crippen LogP contribution in [0.4, 0.5) is 5.69 Å². The van der Waals surface area contributed by atoms with Crippen LogP contribution >= 0.6 is 12.4 Å². The number of piperidine rings is 1. The smallest absolute Gasteiger partial charge is 0.244 e. The average molecular weight is 283 g/mol. The highest BCUT2D eigenvalue weighted by Gasteiger charge is 2.34.